The molecule has 9 heteroatoms. The van der Waals surface area contributed by atoms with Crippen molar-refractivity contribution < 1.29 is 9.18 Å². The first-order valence-corrected chi connectivity index (χ1v) is 10.8. The van der Waals surface area contributed by atoms with E-state index in [2.05, 4.69) is 4.37 Å². The van der Waals surface area contributed by atoms with Crippen LogP contribution < -0.4 is 0 Å². The van der Waals surface area contributed by atoms with Crippen LogP contribution in [0.5, 0.6) is 0 Å². The molecular weight excluding hydrogens is 428 g/mol. The number of hydrogen-bond acceptors (Lipinski definition) is 5. The van der Waals surface area contributed by atoms with Gasteiger partial charge in [-0.3, -0.25) is 4.79 Å². The Balaban J connectivity index is 1.43. The van der Waals surface area contributed by atoms with Crippen molar-refractivity contribution in [1.82, 2.24) is 14.3 Å². The second-order valence-corrected chi connectivity index (χ2v) is 8.63. The molecule has 1 aliphatic heterocycles. The summed E-state index contributed by atoms with van der Waals surface area (Å²) in [6.07, 6.45) is 1.59. The number of rotatable bonds is 3. The molecule has 2 aromatic heterocycles. The smallest absolute Gasteiger partial charge is 0.256 e. The number of hydrogen-bond donors (Lipinski definition) is 0. The zero-order valence-electron chi connectivity index (χ0n) is 14.0. The van der Waals surface area contributed by atoms with Crippen LogP contribution in [0.3, 0.4) is 0 Å². The zero-order valence-corrected chi connectivity index (χ0v) is 17.1. The van der Waals surface area contributed by atoms with Crippen LogP contribution in [-0.4, -0.2) is 33.3 Å². The van der Waals surface area contributed by atoms with Crippen molar-refractivity contribution in [3.8, 4) is 10.6 Å². The molecule has 1 saturated heterocycles. The number of halogens is 3. The van der Waals surface area contributed by atoms with Crippen LogP contribution in [0, 0.1) is 5.82 Å². The predicted molar refractivity (Wildman–Crippen MR) is 108 cm³/mol. The number of carbonyl (C=O) groups is 1. The lowest BCUT2D eigenvalue weighted by Crippen LogP contribution is -2.38. The van der Waals surface area contributed by atoms with Gasteiger partial charge in [-0.05, 0) is 36.5 Å². The van der Waals surface area contributed by atoms with Gasteiger partial charge in [0.2, 0.25) is 0 Å². The molecule has 0 bridgehead atoms. The number of benzene rings is 1. The summed E-state index contributed by atoms with van der Waals surface area (Å²) in [7, 11) is 0. The van der Waals surface area contributed by atoms with Crippen molar-refractivity contribution in [2.75, 3.05) is 13.1 Å². The third-order valence-electron chi connectivity index (χ3n) is 4.59. The normalized spacial score (nSPS) is 15.3. The summed E-state index contributed by atoms with van der Waals surface area (Å²) in [6, 6.07) is 6.10. The van der Waals surface area contributed by atoms with Crippen molar-refractivity contribution in [2.24, 2.45) is 0 Å². The van der Waals surface area contributed by atoms with E-state index < -0.39 is 5.82 Å². The highest BCUT2D eigenvalue weighted by atomic mass is 35.5. The monoisotopic (exact) mass is 441 g/mol. The summed E-state index contributed by atoms with van der Waals surface area (Å²) in [6.45, 7) is 1.17. The second-order valence-electron chi connectivity index (χ2n) is 6.23. The molecule has 140 valence electrons. The molecule has 0 N–H and O–H groups in total. The SMILES string of the molecule is O=C(c1ccccc1F)N1CCC(c2nc(-c3snc(Cl)c3Cl)cs2)CC1. The molecule has 0 saturated carbocycles. The van der Waals surface area contributed by atoms with Crippen LogP contribution in [0.1, 0.15) is 34.1 Å². The number of amides is 1. The standard InChI is InChI=1S/C18H14Cl2FN3OS2/c19-14-15(27-23-16(14)20)13-9-26-17(22-13)10-5-7-24(8-6-10)18(25)11-3-1-2-4-12(11)21/h1-4,9-10H,5-8H2. The van der Waals surface area contributed by atoms with Gasteiger partial charge in [0, 0.05) is 24.4 Å². The van der Waals surface area contributed by atoms with E-state index in [-0.39, 0.29) is 17.4 Å². The van der Waals surface area contributed by atoms with Gasteiger partial charge in [-0.25, -0.2) is 9.37 Å². The maximum Gasteiger partial charge on any atom is 0.256 e. The van der Waals surface area contributed by atoms with Crippen LogP contribution in [0.2, 0.25) is 10.2 Å². The van der Waals surface area contributed by atoms with E-state index >= 15 is 0 Å². The molecule has 1 amide bonds. The lowest BCUT2D eigenvalue weighted by molar-refractivity contribution is 0.0708. The molecule has 3 heterocycles. The van der Waals surface area contributed by atoms with Crippen molar-refractivity contribution in [3.63, 3.8) is 0 Å². The highest BCUT2D eigenvalue weighted by Crippen LogP contribution is 2.39. The number of thiazole rings is 1. The third-order valence-corrected chi connectivity index (χ3v) is 7.42. The molecule has 0 atom stereocenters. The fourth-order valence-electron chi connectivity index (χ4n) is 3.13. The molecule has 0 radical (unpaired) electrons. The Bertz CT molecular complexity index is 983. The Morgan fingerprint density at radius 1 is 1.22 bits per heavy atom. The molecule has 1 aromatic carbocycles. The second kappa shape index (κ2) is 7.83. The Hall–Kier alpha value is -1.54. The van der Waals surface area contributed by atoms with Crippen LogP contribution in [0.15, 0.2) is 29.6 Å². The maximum absolute atomic E-state index is 13.9. The van der Waals surface area contributed by atoms with Crippen molar-refractivity contribution in [2.45, 2.75) is 18.8 Å². The third kappa shape index (κ3) is 3.74. The van der Waals surface area contributed by atoms with Gasteiger partial charge in [0.25, 0.3) is 5.91 Å². The molecule has 1 aliphatic rings. The zero-order chi connectivity index (χ0) is 19.0. The van der Waals surface area contributed by atoms with E-state index in [1.54, 1.807) is 28.4 Å². The Kier molecular flexibility index (Phi) is 5.45. The van der Waals surface area contributed by atoms with Gasteiger partial charge in [0.15, 0.2) is 5.15 Å². The molecule has 0 unspecified atom stereocenters. The molecule has 0 spiro atoms. The van der Waals surface area contributed by atoms with Gasteiger partial charge < -0.3 is 4.90 Å². The van der Waals surface area contributed by atoms with E-state index in [0.717, 1.165) is 28.4 Å². The van der Waals surface area contributed by atoms with E-state index in [9.17, 15) is 9.18 Å². The molecule has 3 aromatic rings. The van der Waals surface area contributed by atoms with E-state index in [4.69, 9.17) is 28.2 Å². The summed E-state index contributed by atoms with van der Waals surface area (Å²) in [5.41, 5.74) is 0.915. The lowest BCUT2D eigenvalue weighted by atomic mass is 9.97. The maximum atomic E-state index is 13.9. The van der Waals surface area contributed by atoms with Crippen LogP contribution in [0.4, 0.5) is 4.39 Å². The topological polar surface area (TPSA) is 46.1 Å². The van der Waals surface area contributed by atoms with Crippen LogP contribution in [-0.2, 0) is 0 Å². The molecule has 4 nitrogen and oxygen atoms in total. The number of nitrogens with zero attached hydrogens (tertiary/aromatic N) is 3. The predicted octanol–water partition coefficient (Wildman–Crippen LogP) is 5.73. The molecule has 0 aliphatic carbocycles. The summed E-state index contributed by atoms with van der Waals surface area (Å²) >= 11 is 14.9. The van der Waals surface area contributed by atoms with Crippen molar-refractivity contribution in [1.29, 1.82) is 0 Å². The number of likely N-dealkylation sites (tertiary alicyclic amines) is 1. The van der Waals surface area contributed by atoms with E-state index in [1.165, 1.54) is 23.7 Å². The summed E-state index contributed by atoms with van der Waals surface area (Å²) < 4.78 is 17.9. The highest BCUT2D eigenvalue weighted by Gasteiger charge is 2.28. The minimum atomic E-state index is -0.478. The largest absolute Gasteiger partial charge is 0.339 e. The fourth-order valence-corrected chi connectivity index (χ4v) is 5.37. The van der Waals surface area contributed by atoms with Gasteiger partial charge in [-0.2, -0.15) is 4.37 Å². The number of carbonyl (C=O) groups excluding carboxylic acids is 1. The Morgan fingerprint density at radius 2 is 1.96 bits per heavy atom. The van der Waals surface area contributed by atoms with Gasteiger partial charge >= 0.3 is 0 Å². The van der Waals surface area contributed by atoms with Gasteiger partial charge in [0.05, 0.1) is 26.2 Å². The minimum absolute atomic E-state index is 0.129. The summed E-state index contributed by atoms with van der Waals surface area (Å²) in [4.78, 5) is 19.7. The quantitative estimate of drug-likeness (QED) is 0.520. The van der Waals surface area contributed by atoms with Gasteiger partial charge in [-0.1, -0.05) is 35.3 Å². The van der Waals surface area contributed by atoms with Crippen molar-refractivity contribution >= 4 is 52.0 Å². The average Bonchev–Trinajstić information content (AvgIpc) is 3.29. The average molecular weight is 442 g/mol. The molecule has 27 heavy (non-hydrogen) atoms. The first kappa shape index (κ1) is 18.8. The van der Waals surface area contributed by atoms with Crippen LogP contribution >= 0.6 is 46.1 Å². The lowest BCUT2D eigenvalue weighted by Gasteiger charge is -2.31. The van der Waals surface area contributed by atoms with E-state index in [1.807, 2.05) is 5.38 Å². The Labute approximate surface area is 173 Å². The number of piperidine rings is 1. The summed E-state index contributed by atoms with van der Waals surface area (Å²) in [5, 5.41) is 3.71. The minimum Gasteiger partial charge on any atom is -0.339 e. The number of aromatic nitrogens is 2. The molecular formula is C18H14Cl2FN3OS2. The van der Waals surface area contributed by atoms with Gasteiger partial charge in [0.1, 0.15) is 5.82 Å². The molecule has 4 rings (SSSR count). The highest BCUT2D eigenvalue weighted by molar-refractivity contribution is 7.12. The fraction of sp³-hybridized carbons (Fsp3) is 0.278. The molecule has 1 fully saturated rings. The first-order valence-electron chi connectivity index (χ1n) is 8.35. The first-order chi connectivity index (χ1) is 13.0. The van der Waals surface area contributed by atoms with Gasteiger partial charge in [-0.15, -0.1) is 11.3 Å². The van der Waals surface area contributed by atoms with Crippen molar-refractivity contribution in [3.05, 3.63) is 56.2 Å². The van der Waals surface area contributed by atoms with Crippen LogP contribution in [0.25, 0.3) is 10.6 Å². The summed E-state index contributed by atoms with van der Waals surface area (Å²) in [5.74, 6) is -0.456. The Morgan fingerprint density at radius 3 is 2.63 bits per heavy atom. The van der Waals surface area contributed by atoms with E-state index in [0.29, 0.717) is 23.3 Å².